The lowest BCUT2D eigenvalue weighted by atomic mass is 10.1. The van der Waals surface area contributed by atoms with Gasteiger partial charge in [-0.2, -0.15) is 13.2 Å². The van der Waals surface area contributed by atoms with Crippen LogP contribution in [0.1, 0.15) is 12.0 Å². The Balaban J connectivity index is 0.00000441. The Morgan fingerprint density at radius 3 is 2.14 bits per heavy atom. The highest BCUT2D eigenvalue weighted by atomic mass is 127. The van der Waals surface area contributed by atoms with Crippen LogP contribution in [-0.4, -0.2) is 32.3 Å². The second-order valence-electron chi connectivity index (χ2n) is 4.24. The Morgan fingerprint density at radius 1 is 1.09 bits per heavy atom. The molecule has 0 saturated carbocycles. The zero-order valence-corrected chi connectivity index (χ0v) is 14.1. The zero-order valence-electron chi connectivity index (χ0n) is 11.8. The number of guanidine groups is 1. The number of nitrogens with zero attached hydrogens (tertiary/aromatic N) is 1. The van der Waals surface area contributed by atoms with Gasteiger partial charge in [0.25, 0.3) is 0 Å². The molecule has 0 bridgehead atoms. The summed E-state index contributed by atoms with van der Waals surface area (Å²) in [6, 6.07) is 3.56. The van der Waals surface area contributed by atoms with Crippen molar-refractivity contribution in [3.05, 3.63) is 35.4 Å². The van der Waals surface area contributed by atoms with Gasteiger partial charge < -0.3 is 10.6 Å². The number of benzene rings is 1. The minimum Gasteiger partial charge on any atom is -0.356 e. The van der Waals surface area contributed by atoms with Gasteiger partial charge in [0.15, 0.2) is 5.96 Å². The summed E-state index contributed by atoms with van der Waals surface area (Å²) in [5.74, 6) is -1.16. The molecule has 0 spiro atoms. The van der Waals surface area contributed by atoms with Gasteiger partial charge in [0.2, 0.25) is 0 Å². The summed E-state index contributed by atoms with van der Waals surface area (Å²) >= 11 is 0. The van der Waals surface area contributed by atoms with Crippen LogP contribution in [0.5, 0.6) is 0 Å². The molecule has 2 N–H and O–H groups in total. The van der Waals surface area contributed by atoms with Crippen molar-refractivity contribution in [1.82, 2.24) is 10.6 Å². The smallest absolute Gasteiger partial charge is 0.356 e. The van der Waals surface area contributed by atoms with Crippen LogP contribution in [0, 0.1) is 11.6 Å². The van der Waals surface area contributed by atoms with Gasteiger partial charge >= 0.3 is 6.18 Å². The lowest BCUT2D eigenvalue weighted by molar-refractivity contribution is -0.132. The molecule has 0 unspecified atom stereocenters. The number of halogens is 6. The third kappa shape index (κ3) is 7.76. The number of rotatable bonds is 5. The fraction of sp³-hybridized carbons (Fsp3) is 0.462. The predicted octanol–water partition coefficient (Wildman–Crippen LogP) is 3.24. The molecule has 0 heterocycles. The van der Waals surface area contributed by atoms with Gasteiger partial charge in [0.1, 0.15) is 11.6 Å². The highest BCUT2D eigenvalue weighted by Gasteiger charge is 2.26. The molecule has 0 atom stereocenters. The molecule has 1 aromatic carbocycles. The number of hydrogen-bond donors (Lipinski definition) is 2. The molecule has 3 nitrogen and oxygen atoms in total. The van der Waals surface area contributed by atoms with E-state index in [-0.39, 0.29) is 55.0 Å². The highest BCUT2D eigenvalue weighted by Crippen LogP contribution is 2.18. The van der Waals surface area contributed by atoms with Crippen LogP contribution in [0.15, 0.2) is 23.2 Å². The largest absolute Gasteiger partial charge is 0.390 e. The molecule has 0 aliphatic heterocycles. The minimum atomic E-state index is -4.25. The van der Waals surface area contributed by atoms with Crippen molar-refractivity contribution in [1.29, 1.82) is 0 Å². The maximum atomic E-state index is 13.4. The molecule has 1 rings (SSSR count). The molecule has 126 valence electrons. The molecule has 0 aromatic heterocycles. The first-order chi connectivity index (χ1) is 9.83. The van der Waals surface area contributed by atoms with Crippen molar-refractivity contribution in [3.63, 3.8) is 0 Å². The summed E-state index contributed by atoms with van der Waals surface area (Å²) in [6.45, 7) is -0.180. The standard InChI is InChI=1S/C13H16F5N3.HI/c1-19-12(21-8-6-13(16,17)18)20-7-5-9-10(14)3-2-4-11(9)15;/h2-4H,5-8H2,1H3,(H2,19,20,21);1H. The highest BCUT2D eigenvalue weighted by molar-refractivity contribution is 14.0. The van der Waals surface area contributed by atoms with Gasteiger partial charge in [0, 0.05) is 25.7 Å². The average molecular weight is 437 g/mol. The second-order valence-corrected chi connectivity index (χ2v) is 4.24. The lowest BCUT2D eigenvalue weighted by Gasteiger charge is -2.13. The molecule has 0 aliphatic rings. The molecule has 0 aliphatic carbocycles. The van der Waals surface area contributed by atoms with Gasteiger partial charge in [-0.3, -0.25) is 4.99 Å². The van der Waals surface area contributed by atoms with E-state index in [2.05, 4.69) is 15.6 Å². The van der Waals surface area contributed by atoms with E-state index in [1.165, 1.54) is 13.1 Å². The number of alkyl halides is 3. The van der Waals surface area contributed by atoms with Crippen molar-refractivity contribution in [3.8, 4) is 0 Å². The van der Waals surface area contributed by atoms with Gasteiger partial charge in [0.05, 0.1) is 6.42 Å². The maximum Gasteiger partial charge on any atom is 0.390 e. The van der Waals surface area contributed by atoms with E-state index in [4.69, 9.17) is 0 Å². The van der Waals surface area contributed by atoms with E-state index >= 15 is 0 Å². The first-order valence-electron chi connectivity index (χ1n) is 6.27. The van der Waals surface area contributed by atoms with E-state index in [1.807, 2.05) is 0 Å². The van der Waals surface area contributed by atoms with Gasteiger partial charge in [-0.05, 0) is 18.6 Å². The monoisotopic (exact) mass is 437 g/mol. The summed E-state index contributed by atoms with van der Waals surface area (Å²) in [5, 5.41) is 5.17. The molecule has 0 amide bonds. The van der Waals surface area contributed by atoms with E-state index < -0.39 is 24.2 Å². The van der Waals surface area contributed by atoms with Crippen LogP contribution in [0.25, 0.3) is 0 Å². The maximum absolute atomic E-state index is 13.4. The van der Waals surface area contributed by atoms with E-state index in [9.17, 15) is 22.0 Å². The van der Waals surface area contributed by atoms with Crippen molar-refractivity contribution in [2.75, 3.05) is 20.1 Å². The Hall–Kier alpha value is -1.13. The van der Waals surface area contributed by atoms with Crippen LogP contribution in [0.2, 0.25) is 0 Å². The van der Waals surface area contributed by atoms with E-state index in [1.54, 1.807) is 0 Å². The van der Waals surface area contributed by atoms with Crippen LogP contribution in [0.4, 0.5) is 22.0 Å². The molecule has 0 saturated heterocycles. The first-order valence-corrected chi connectivity index (χ1v) is 6.27. The van der Waals surface area contributed by atoms with Crippen LogP contribution in [-0.2, 0) is 6.42 Å². The molecule has 22 heavy (non-hydrogen) atoms. The Labute approximate surface area is 142 Å². The Bertz CT molecular complexity index is 471. The topological polar surface area (TPSA) is 36.4 Å². The zero-order chi connectivity index (χ0) is 15.9. The minimum absolute atomic E-state index is 0. The van der Waals surface area contributed by atoms with Gasteiger partial charge in [-0.1, -0.05) is 6.07 Å². The van der Waals surface area contributed by atoms with Crippen molar-refractivity contribution >= 4 is 29.9 Å². The second kappa shape index (κ2) is 9.80. The fourth-order valence-corrected chi connectivity index (χ4v) is 1.62. The average Bonchev–Trinajstić information content (AvgIpc) is 2.38. The normalized spacial score (nSPS) is 11.8. The SMILES string of the molecule is CN=C(NCCc1c(F)cccc1F)NCCC(F)(F)F.I. The Kier molecular flexibility index (Phi) is 9.30. The predicted molar refractivity (Wildman–Crippen MR) is 85.5 cm³/mol. The molecule has 0 fully saturated rings. The van der Waals surface area contributed by atoms with Crippen molar-refractivity contribution in [2.45, 2.75) is 19.0 Å². The summed E-state index contributed by atoms with van der Waals surface area (Å²) in [5.41, 5.74) is -0.0734. The third-order valence-corrected chi connectivity index (χ3v) is 2.65. The van der Waals surface area contributed by atoms with Gasteiger partial charge in [-0.15, -0.1) is 24.0 Å². The van der Waals surface area contributed by atoms with Crippen molar-refractivity contribution in [2.24, 2.45) is 4.99 Å². The molecule has 9 heteroatoms. The molecule has 1 aromatic rings. The number of aliphatic imine (C=N–C) groups is 1. The summed E-state index contributed by atoms with van der Waals surface area (Å²) in [7, 11) is 1.40. The van der Waals surface area contributed by atoms with Crippen LogP contribution >= 0.6 is 24.0 Å². The molecule has 0 radical (unpaired) electrons. The van der Waals surface area contributed by atoms with Crippen LogP contribution in [0.3, 0.4) is 0 Å². The summed E-state index contributed by atoms with van der Waals surface area (Å²) in [4.78, 5) is 3.72. The van der Waals surface area contributed by atoms with E-state index in [0.29, 0.717) is 0 Å². The molecular weight excluding hydrogens is 420 g/mol. The van der Waals surface area contributed by atoms with Crippen LogP contribution < -0.4 is 10.6 Å². The fourth-order valence-electron chi connectivity index (χ4n) is 1.62. The lowest BCUT2D eigenvalue weighted by Crippen LogP contribution is -2.39. The third-order valence-electron chi connectivity index (χ3n) is 2.65. The number of hydrogen-bond acceptors (Lipinski definition) is 1. The quantitative estimate of drug-likeness (QED) is 0.321. The van der Waals surface area contributed by atoms with Crippen molar-refractivity contribution < 1.29 is 22.0 Å². The Morgan fingerprint density at radius 2 is 1.64 bits per heavy atom. The van der Waals surface area contributed by atoms with Gasteiger partial charge in [-0.25, -0.2) is 8.78 Å². The first kappa shape index (κ1) is 20.9. The van der Waals surface area contributed by atoms with E-state index in [0.717, 1.165) is 12.1 Å². The summed E-state index contributed by atoms with van der Waals surface area (Å²) in [6.07, 6.45) is -5.18. The molecular formula is C13H17F5IN3. The summed E-state index contributed by atoms with van der Waals surface area (Å²) < 4.78 is 62.7. The number of nitrogens with one attached hydrogen (secondary N) is 2.